The summed E-state index contributed by atoms with van der Waals surface area (Å²) < 4.78 is 0. The fraction of sp³-hybridized carbons (Fsp3) is 0.200. The summed E-state index contributed by atoms with van der Waals surface area (Å²) in [6.45, 7) is 4.79. The third kappa shape index (κ3) is 2.29. The van der Waals surface area contributed by atoms with E-state index in [1.807, 2.05) is 48.2 Å². The number of benzene rings is 2. The van der Waals surface area contributed by atoms with Crippen LogP contribution >= 0.6 is 0 Å². The summed E-state index contributed by atoms with van der Waals surface area (Å²) in [5, 5.41) is 1.13. The summed E-state index contributed by atoms with van der Waals surface area (Å²) in [6.07, 6.45) is 0.865. The Bertz CT molecular complexity index is 930. The van der Waals surface area contributed by atoms with Crippen molar-refractivity contribution >= 4 is 22.6 Å². The van der Waals surface area contributed by atoms with E-state index in [1.165, 1.54) is 5.56 Å². The van der Waals surface area contributed by atoms with E-state index in [2.05, 4.69) is 19.1 Å². The molecular weight excluding hydrogens is 284 g/mol. The molecule has 0 saturated carbocycles. The number of anilines is 1. The SMILES string of the molecule is Cc1ccc(C(=O)N2CCc3cc4ccccc4nc32)cc1C. The summed E-state index contributed by atoms with van der Waals surface area (Å²) >= 11 is 0. The van der Waals surface area contributed by atoms with Crippen LogP contribution in [0.4, 0.5) is 5.82 Å². The lowest BCUT2D eigenvalue weighted by atomic mass is 10.1. The number of amides is 1. The molecule has 0 spiro atoms. The molecule has 0 unspecified atom stereocenters. The van der Waals surface area contributed by atoms with Crippen molar-refractivity contribution in [2.45, 2.75) is 20.3 Å². The van der Waals surface area contributed by atoms with Gasteiger partial charge in [-0.2, -0.15) is 0 Å². The van der Waals surface area contributed by atoms with Crippen molar-refractivity contribution in [1.29, 1.82) is 0 Å². The average Bonchev–Trinajstić information content (AvgIpc) is 2.97. The minimum absolute atomic E-state index is 0.0367. The van der Waals surface area contributed by atoms with Crippen molar-refractivity contribution in [3.8, 4) is 0 Å². The zero-order valence-corrected chi connectivity index (χ0v) is 13.3. The summed E-state index contributed by atoms with van der Waals surface area (Å²) in [5.41, 5.74) is 5.16. The quantitative estimate of drug-likeness (QED) is 0.679. The predicted molar refractivity (Wildman–Crippen MR) is 93.0 cm³/mol. The summed E-state index contributed by atoms with van der Waals surface area (Å²) in [6, 6.07) is 16.1. The second-order valence-corrected chi connectivity index (χ2v) is 6.17. The van der Waals surface area contributed by atoms with Gasteiger partial charge < -0.3 is 0 Å². The zero-order chi connectivity index (χ0) is 16.0. The number of fused-ring (bicyclic) bond motifs is 2. The van der Waals surface area contributed by atoms with Gasteiger partial charge in [-0.15, -0.1) is 0 Å². The van der Waals surface area contributed by atoms with Gasteiger partial charge >= 0.3 is 0 Å². The van der Waals surface area contributed by atoms with E-state index in [0.717, 1.165) is 39.8 Å². The maximum absolute atomic E-state index is 12.9. The Morgan fingerprint density at radius 2 is 1.87 bits per heavy atom. The number of hydrogen-bond donors (Lipinski definition) is 0. The average molecular weight is 302 g/mol. The molecule has 3 aromatic rings. The van der Waals surface area contributed by atoms with Crippen LogP contribution in [0.2, 0.25) is 0 Å². The van der Waals surface area contributed by atoms with Crippen LogP contribution in [0.1, 0.15) is 27.0 Å². The van der Waals surface area contributed by atoms with Crippen LogP contribution in [0.3, 0.4) is 0 Å². The summed E-state index contributed by atoms with van der Waals surface area (Å²) in [5.74, 6) is 0.849. The first-order chi connectivity index (χ1) is 11.1. The molecule has 0 atom stereocenters. The second-order valence-electron chi connectivity index (χ2n) is 6.17. The minimum Gasteiger partial charge on any atom is -0.292 e. The Kier molecular flexibility index (Phi) is 3.15. The van der Waals surface area contributed by atoms with Gasteiger partial charge in [-0.25, -0.2) is 4.98 Å². The van der Waals surface area contributed by atoms with Crippen molar-refractivity contribution < 1.29 is 4.79 Å². The van der Waals surface area contributed by atoms with Crippen LogP contribution in [-0.4, -0.2) is 17.4 Å². The Morgan fingerprint density at radius 3 is 2.70 bits per heavy atom. The van der Waals surface area contributed by atoms with Crippen molar-refractivity contribution in [3.05, 3.63) is 70.8 Å². The van der Waals surface area contributed by atoms with E-state index in [1.54, 1.807) is 0 Å². The normalized spacial score (nSPS) is 13.4. The first-order valence-electron chi connectivity index (χ1n) is 7.91. The van der Waals surface area contributed by atoms with Crippen molar-refractivity contribution in [3.63, 3.8) is 0 Å². The molecule has 1 aliphatic heterocycles. The molecule has 0 radical (unpaired) electrons. The van der Waals surface area contributed by atoms with E-state index < -0.39 is 0 Å². The largest absolute Gasteiger partial charge is 0.292 e. The van der Waals surface area contributed by atoms with Crippen LogP contribution in [0.25, 0.3) is 10.9 Å². The van der Waals surface area contributed by atoms with Crippen LogP contribution < -0.4 is 4.90 Å². The molecule has 0 bridgehead atoms. The molecule has 1 amide bonds. The van der Waals surface area contributed by atoms with Crippen molar-refractivity contribution in [2.24, 2.45) is 0 Å². The first-order valence-corrected chi connectivity index (χ1v) is 7.91. The highest BCUT2D eigenvalue weighted by atomic mass is 16.2. The monoisotopic (exact) mass is 302 g/mol. The van der Waals surface area contributed by atoms with Gasteiger partial charge in [0.15, 0.2) is 0 Å². The van der Waals surface area contributed by atoms with Gasteiger partial charge in [0.05, 0.1) is 5.52 Å². The highest BCUT2D eigenvalue weighted by molar-refractivity contribution is 6.07. The molecule has 3 nitrogen and oxygen atoms in total. The standard InChI is InChI=1S/C20H18N2O/c1-13-7-8-17(11-14(13)2)20(23)22-10-9-16-12-15-5-3-4-6-18(15)21-19(16)22/h3-8,11-12H,9-10H2,1-2H3. The molecule has 3 heteroatoms. The Balaban J connectivity index is 1.76. The lowest BCUT2D eigenvalue weighted by molar-refractivity contribution is 0.0988. The lowest BCUT2D eigenvalue weighted by Crippen LogP contribution is -2.29. The van der Waals surface area contributed by atoms with E-state index in [0.29, 0.717) is 6.54 Å². The molecule has 0 saturated heterocycles. The molecule has 1 aliphatic rings. The van der Waals surface area contributed by atoms with Gasteiger partial charge in [0.1, 0.15) is 5.82 Å². The van der Waals surface area contributed by atoms with Crippen molar-refractivity contribution in [1.82, 2.24) is 4.98 Å². The Hall–Kier alpha value is -2.68. The van der Waals surface area contributed by atoms with E-state index in [4.69, 9.17) is 4.98 Å². The molecular formula is C20H18N2O. The fourth-order valence-electron chi connectivity index (χ4n) is 3.13. The van der Waals surface area contributed by atoms with Crippen LogP contribution in [0.15, 0.2) is 48.5 Å². The molecule has 0 fully saturated rings. The number of hydrogen-bond acceptors (Lipinski definition) is 2. The van der Waals surface area contributed by atoms with Gasteiger partial charge in [-0.1, -0.05) is 24.3 Å². The highest BCUT2D eigenvalue weighted by Crippen LogP contribution is 2.30. The van der Waals surface area contributed by atoms with Crippen LogP contribution in [0.5, 0.6) is 0 Å². The molecule has 2 heterocycles. The third-order valence-corrected chi connectivity index (χ3v) is 4.64. The molecule has 114 valence electrons. The van der Waals surface area contributed by atoms with E-state index in [9.17, 15) is 4.79 Å². The number of rotatable bonds is 1. The van der Waals surface area contributed by atoms with Gasteiger partial charge in [0.25, 0.3) is 5.91 Å². The molecule has 2 aromatic carbocycles. The van der Waals surface area contributed by atoms with Crippen LogP contribution in [0, 0.1) is 13.8 Å². The van der Waals surface area contributed by atoms with E-state index in [-0.39, 0.29) is 5.91 Å². The molecule has 0 aliphatic carbocycles. The molecule has 4 rings (SSSR count). The minimum atomic E-state index is 0.0367. The van der Waals surface area contributed by atoms with Crippen molar-refractivity contribution in [2.75, 3.05) is 11.4 Å². The predicted octanol–water partition coefficient (Wildman–Crippen LogP) is 4.05. The highest BCUT2D eigenvalue weighted by Gasteiger charge is 2.27. The number of carbonyl (C=O) groups excluding carboxylic acids is 1. The maximum atomic E-state index is 12.9. The number of para-hydroxylation sites is 1. The third-order valence-electron chi connectivity index (χ3n) is 4.64. The van der Waals surface area contributed by atoms with Gasteiger partial charge in [-0.3, -0.25) is 9.69 Å². The van der Waals surface area contributed by atoms with Gasteiger partial charge in [0.2, 0.25) is 0 Å². The van der Waals surface area contributed by atoms with Crippen LogP contribution in [-0.2, 0) is 6.42 Å². The smallest absolute Gasteiger partial charge is 0.259 e. The second kappa shape index (κ2) is 5.20. The lowest BCUT2D eigenvalue weighted by Gasteiger charge is -2.17. The molecule has 23 heavy (non-hydrogen) atoms. The number of aromatic nitrogens is 1. The number of carbonyl (C=O) groups is 1. The number of pyridine rings is 1. The Labute approximate surface area is 135 Å². The van der Waals surface area contributed by atoms with E-state index >= 15 is 0 Å². The Morgan fingerprint density at radius 1 is 1.04 bits per heavy atom. The zero-order valence-electron chi connectivity index (χ0n) is 13.3. The number of aryl methyl sites for hydroxylation is 2. The first kappa shape index (κ1) is 13.9. The molecule has 1 aromatic heterocycles. The summed E-state index contributed by atoms with van der Waals surface area (Å²) in [4.78, 5) is 19.4. The fourth-order valence-corrected chi connectivity index (χ4v) is 3.13. The maximum Gasteiger partial charge on any atom is 0.259 e. The van der Waals surface area contributed by atoms with Gasteiger partial charge in [0, 0.05) is 17.5 Å². The number of nitrogens with zero attached hydrogens (tertiary/aromatic N) is 2. The molecule has 0 N–H and O–H groups in total. The topological polar surface area (TPSA) is 33.2 Å². The van der Waals surface area contributed by atoms with Gasteiger partial charge in [-0.05, 0) is 61.2 Å². The summed E-state index contributed by atoms with van der Waals surface area (Å²) in [7, 11) is 0.